The number of rotatable bonds is 7. The number of hydrogen-bond donors (Lipinski definition) is 0. The molecule has 0 N–H and O–H groups in total. The van der Waals surface area contributed by atoms with Crippen LogP contribution in [-0.2, 0) is 9.84 Å². The zero-order valence-electron chi connectivity index (χ0n) is 11.7. The first-order chi connectivity index (χ1) is 7.62. The van der Waals surface area contributed by atoms with Crippen molar-refractivity contribution in [3.8, 4) is 6.07 Å². The summed E-state index contributed by atoms with van der Waals surface area (Å²) in [6, 6.07) is 2.23. The Hall–Kier alpha value is -0.560. The van der Waals surface area contributed by atoms with Gasteiger partial charge in [-0.05, 0) is 39.5 Å². The fourth-order valence-electron chi connectivity index (χ4n) is 1.53. The monoisotopic (exact) mass is 259 g/mol. The molecule has 0 aromatic carbocycles. The highest BCUT2D eigenvalue weighted by Crippen LogP contribution is 2.22. The van der Waals surface area contributed by atoms with Gasteiger partial charge in [0.1, 0.15) is 0 Å². The third-order valence-corrected chi connectivity index (χ3v) is 5.82. The number of nitriles is 1. The van der Waals surface area contributed by atoms with Gasteiger partial charge in [-0.25, -0.2) is 8.42 Å². The van der Waals surface area contributed by atoms with Gasteiger partial charge < -0.3 is 0 Å². The van der Waals surface area contributed by atoms with Crippen molar-refractivity contribution in [3.63, 3.8) is 0 Å². The van der Waals surface area contributed by atoms with E-state index in [1.807, 2.05) is 27.7 Å². The van der Waals surface area contributed by atoms with Gasteiger partial charge in [-0.15, -0.1) is 0 Å². The average Bonchev–Trinajstić information content (AvgIpc) is 2.23. The molecule has 0 aromatic rings. The van der Waals surface area contributed by atoms with Crippen molar-refractivity contribution in [2.45, 2.75) is 59.1 Å². The molecule has 0 saturated carbocycles. The SMILES string of the molecule is CC(C)C(C)S(=O)(=O)CCCCC(C)(C)C#N. The topological polar surface area (TPSA) is 57.9 Å². The highest BCUT2D eigenvalue weighted by molar-refractivity contribution is 7.92. The van der Waals surface area contributed by atoms with E-state index in [-0.39, 0.29) is 22.3 Å². The smallest absolute Gasteiger partial charge is 0.153 e. The Labute approximate surface area is 106 Å². The fraction of sp³-hybridized carbons (Fsp3) is 0.923. The van der Waals surface area contributed by atoms with Gasteiger partial charge >= 0.3 is 0 Å². The van der Waals surface area contributed by atoms with Gasteiger partial charge in [0, 0.05) is 0 Å². The lowest BCUT2D eigenvalue weighted by atomic mass is 9.89. The van der Waals surface area contributed by atoms with Crippen LogP contribution in [0.4, 0.5) is 0 Å². The first kappa shape index (κ1) is 16.4. The Morgan fingerprint density at radius 2 is 1.71 bits per heavy atom. The van der Waals surface area contributed by atoms with E-state index in [2.05, 4.69) is 6.07 Å². The minimum Gasteiger partial charge on any atom is -0.229 e. The van der Waals surface area contributed by atoms with Crippen molar-refractivity contribution in [3.05, 3.63) is 0 Å². The van der Waals surface area contributed by atoms with Gasteiger partial charge in [0.2, 0.25) is 0 Å². The Bertz CT molecular complexity index is 363. The summed E-state index contributed by atoms with van der Waals surface area (Å²) in [5.74, 6) is 0.406. The molecular weight excluding hydrogens is 234 g/mol. The molecule has 0 saturated heterocycles. The summed E-state index contributed by atoms with van der Waals surface area (Å²) in [6.45, 7) is 9.41. The quantitative estimate of drug-likeness (QED) is 0.660. The maximum atomic E-state index is 11.9. The van der Waals surface area contributed by atoms with Crippen LogP contribution in [0.2, 0.25) is 0 Å². The van der Waals surface area contributed by atoms with Gasteiger partial charge in [0.15, 0.2) is 9.84 Å². The van der Waals surface area contributed by atoms with E-state index >= 15 is 0 Å². The molecule has 0 amide bonds. The highest BCUT2D eigenvalue weighted by Gasteiger charge is 2.23. The molecule has 0 fully saturated rings. The summed E-state index contributed by atoms with van der Waals surface area (Å²) in [5, 5.41) is 8.57. The number of unbranched alkanes of at least 4 members (excludes halogenated alkanes) is 1. The predicted octanol–water partition coefficient (Wildman–Crippen LogP) is 3.17. The molecular formula is C13H25NO2S. The molecule has 0 aromatic heterocycles. The van der Waals surface area contributed by atoms with Crippen LogP contribution < -0.4 is 0 Å². The van der Waals surface area contributed by atoms with Gasteiger partial charge in [-0.2, -0.15) is 5.26 Å². The molecule has 17 heavy (non-hydrogen) atoms. The molecule has 0 aliphatic carbocycles. The van der Waals surface area contributed by atoms with Crippen molar-refractivity contribution in [1.82, 2.24) is 0 Å². The van der Waals surface area contributed by atoms with Crippen LogP contribution in [0.15, 0.2) is 0 Å². The third-order valence-electron chi connectivity index (χ3n) is 3.29. The maximum Gasteiger partial charge on any atom is 0.153 e. The third kappa shape index (κ3) is 6.07. The number of hydrogen-bond acceptors (Lipinski definition) is 3. The lowest BCUT2D eigenvalue weighted by molar-refractivity contribution is 0.431. The van der Waals surface area contributed by atoms with Crippen LogP contribution in [0.5, 0.6) is 0 Å². The molecule has 0 bridgehead atoms. The summed E-state index contributed by atoms with van der Waals surface area (Å²) in [4.78, 5) is 0. The van der Waals surface area contributed by atoms with Crippen molar-refractivity contribution in [2.24, 2.45) is 11.3 Å². The predicted molar refractivity (Wildman–Crippen MR) is 71.3 cm³/mol. The van der Waals surface area contributed by atoms with Crippen LogP contribution in [0, 0.1) is 22.7 Å². The summed E-state index contributed by atoms with van der Waals surface area (Å²) in [7, 11) is -2.97. The van der Waals surface area contributed by atoms with E-state index in [9.17, 15) is 8.42 Å². The fourth-order valence-corrected chi connectivity index (χ4v) is 3.33. The van der Waals surface area contributed by atoms with Crippen molar-refractivity contribution >= 4 is 9.84 Å². The molecule has 0 aliphatic rings. The molecule has 100 valence electrons. The number of sulfone groups is 1. The van der Waals surface area contributed by atoms with Gasteiger partial charge in [-0.1, -0.05) is 20.3 Å². The first-order valence-corrected chi connectivity index (χ1v) is 7.97. The van der Waals surface area contributed by atoms with E-state index in [4.69, 9.17) is 5.26 Å². The lowest BCUT2D eigenvalue weighted by Gasteiger charge is -2.17. The summed E-state index contributed by atoms with van der Waals surface area (Å²) in [6.07, 6.45) is 2.21. The van der Waals surface area contributed by atoms with Crippen LogP contribution in [0.25, 0.3) is 0 Å². The Balaban J connectivity index is 4.11. The zero-order chi connectivity index (χ0) is 13.7. The van der Waals surface area contributed by atoms with E-state index in [1.54, 1.807) is 6.92 Å². The van der Waals surface area contributed by atoms with Crippen LogP contribution in [0.3, 0.4) is 0 Å². The van der Waals surface area contributed by atoms with E-state index in [0.29, 0.717) is 6.42 Å². The van der Waals surface area contributed by atoms with Crippen molar-refractivity contribution < 1.29 is 8.42 Å². The van der Waals surface area contributed by atoms with E-state index in [0.717, 1.165) is 12.8 Å². The van der Waals surface area contributed by atoms with E-state index in [1.165, 1.54) is 0 Å². The highest BCUT2D eigenvalue weighted by atomic mass is 32.2. The Morgan fingerprint density at radius 3 is 2.12 bits per heavy atom. The molecule has 3 nitrogen and oxygen atoms in total. The molecule has 1 atom stereocenters. The number of nitrogens with zero attached hydrogens (tertiary/aromatic N) is 1. The Kier molecular flexibility index (Phi) is 6.18. The zero-order valence-corrected chi connectivity index (χ0v) is 12.5. The summed E-state index contributed by atoms with van der Waals surface area (Å²) in [5.41, 5.74) is -0.340. The molecule has 4 heteroatoms. The van der Waals surface area contributed by atoms with Crippen LogP contribution in [0.1, 0.15) is 53.9 Å². The van der Waals surface area contributed by atoms with Gasteiger partial charge in [-0.3, -0.25) is 0 Å². The lowest BCUT2D eigenvalue weighted by Crippen LogP contribution is -2.26. The van der Waals surface area contributed by atoms with Gasteiger partial charge in [0.05, 0.1) is 22.5 Å². The second kappa shape index (κ2) is 6.39. The average molecular weight is 259 g/mol. The van der Waals surface area contributed by atoms with Crippen molar-refractivity contribution in [2.75, 3.05) is 5.75 Å². The van der Waals surface area contributed by atoms with Crippen LogP contribution in [-0.4, -0.2) is 19.4 Å². The first-order valence-electron chi connectivity index (χ1n) is 6.25. The molecule has 0 spiro atoms. The minimum atomic E-state index is -2.97. The molecule has 0 heterocycles. The second-order valence-corrected chi connectivity index (χ2v) is 8.25. The second-order valence-electron chi connectivity index (χ2n) is 5.77. The maximum absolute atomic E-state index is 11.9. The molecule has 1 unspecified atom stereocenters. The Morgan fingerprint density at radius 1 is 1.18 bits per heavy atom. The summed E-state index contributed by atoms with van der Waals surface area (Å²) < 4.78 is 23.8. The normalized spacial score (nSPS) is 14.6. The molecule has 0 radical (unpaired) electrons. The molecule has 0 aliphatic heterocycles. The van der Waals surface area contributed by atoms with Gasteiger partial charge in [0.25, 0.3) is 0 Å². The standard InChI is InChI=1S/C13H25NO2S/c1-11(2)12(3)17(15,16)9-7-6-8-13(4,5)10-14/h11-12H,6-9H2,1-5H3. The largest absolute Gasteiger partial charge is 0.229 e. The van der Waals surface area contributed by atoms with E-state index < -0.39 is 9.84 Å². The minimum absolute atomic E-state index is 0.163. The van der Waals surface area contributed by atoms with Crippen molar-refractivity contribution in [1.29, 1.82) is 5.26 Å². The molecule has 0 rings (SSSR count). The summed E-state index contributed by atoms with van der Waals surface area (Å²) >= 11 is 0. The van der Waals surface area contributed by atoms with Crippen LogP contribution >= 0.6 is 0 Å².